The van der Waals surface area contributed by atoms with Crippen LogP contribution in [0, 0.1) is 0 Å². The Morgan fingerprint density at radius 2 is 2.00 bits per heavy atom. The normalized spacial score (nSPS) is 17.3. The topological polar surface area (TPSA) is 125 Å². The summed E-state index contributed by atoms with van der Waals surface area (Å²) in [5.74, 6) is -0.388. The third kappa shape index (κ3) is 9.37. The molecule has 1 fully saturated rings. The van der Waals surface area contributed by atoms with Crippen LogP contribution in [-0.4, -0.2) is 86.5 Å². The summed E-state index contributed by atoms with van der Waals surface area (Å²) in [6, 6.07) is -0.211. The number of unbranched alkanes of at least 4 members (excludes halogenated alkanes) is 2. The van der Waals surface area contributed by atoms with Crippen LogP contribution in [0.15, 0.2) is 5.11 Å². The minimum absolute atomic E-state index is 0.0306. The van der Waals surface area contributed by atoms with Crippen LogP contribution in [0.1, 0.15) is 32.6 Å². The molecule has 0 aromatic heterocycles. The number of Topliss-reactive ketones (excluding diaryl/α,β-unsaturated/α-hetero) is 1. The second-order valence-electron chi connectivity index (χ2n) is 6.55. The van der Waals surface area contributed by atoms with Crippen molar-refractivity contribution in [1.82, 2.24) is 9.80 Å². The maximum Gasteiger partial charge on any atom is 0.332 e. The number of carbonyl (C=O) groups is 3. The molecule has 0 bridgehead atoms. The van der Waals surface area contributed by atoms with Crippen LogP contribution < -0.4 is 0 Å². The molecule has 27 heavy (non-hydrogen) atoms. The van der Waals surface area contributed by atoms with Gasteiger partial charge in [-0.1, -0.05) is 11.5 Å². The first-order valence-electron chi connectivity index (χ1n) is 9.14. The minimum atomic E-state index is -0.469. The molecule has 152 valence electrons. The van der Waals surface area contributed by atoms with Gasteiger partial charge in [0.05, 0.1) is 12.6 Å². The number of hydrogen-bond acceptors (Lipinski definition) is 7. The smallest absolute Gasteiger partial charge is 0.332 e. The van der Waals surface area contributed by atoms with Gasteiger partial charge < -0.3 is 14.4 Å². The van der Waals surface area contributed by atoms with Gasteiger partial charge in [0.1, 0.15) is 19.0 Å². The molecule has 0 N–H and O–H groups in total. The van der Waals surface area contributed by atoms with E-state index in [-0.39, 0.29) is 37.5 Å². The Balaban J connectivity index is 2.50. The lowest BCUT2D eigenvalue weighted by molar-refractivity contribution is -0.151. The van der Waals surface area contributed by atoms with Gasteiger partial charge in [0.15, 0.2) is 0 Å². The molecule has 10 nitrogen and oxygen atoms in total. The molecule has 1 aliphatic rings. The quantitative estimate of drug-likeness (QED) is 0.164. The third-order valence-corrected chi connectivity index (χ3v) is 4.29. The summed E-state index contributed by atoms with van der Waals surface area (Å²) in [7, 11) is 1.41. The van der Waals surface area contributed by atoms with Crippen molar-refractivity contribution in [2.45, 2.75) is 38.6 Å². The number of rotatable bonds is 12. The van der Waals surface area contributed by atoms with Crippen LogP contribution in [-0.2, 0) is 23.9 Å². The first kappa shape index (κ1) is 22.9. The maximum absolute atomic E-state index is 12.4. The number of carbonyl (C=O) groups excluding carboxylic acids is 3. The SMILES string of the molecule is COCC(=O)OCC1CN(C(=O)CCCCCN=[N+]=[N-])CCN1CC(C)=O. The zero-order chi connectivity index (χ0) is 20.1. The number of azide groups is 1. The fraction of sp³-hybridized carbons (Fsp3) is 0.824. The molecule has 1 rings (SSSR count). The Kier molecular flexibility index (Phi) is 11.1. The molecule has 1 saturated heterocycles. The van der Waals surface area contributed by atoms with E-state index in [2.05, 4.69) is 10.0 Å². The second kappa shape index (κ2) is 13.1. The molecule has 0 saturated carbocycles. The molecular formula is C17H29N5O5. The van der Waals surface area contributed by atoms with E-state index < -0.39 is 5.97 Å². The highest BCUT2D eigenvalue weighted by molar-refractivity contribution is 5.78. The Hall–Kier alpha value is -2.16. The number of ether oxygens (including phenoxy) is 2. The Labute approximate surface area is 159 Å². The summed E-state index contributed by atoms with van der Waals surface area (Å²) in [6.07, 6.45) is 2.76. The van der Waals surface area contributed by atoms with Gasteiger partial charge in [-0.2, -0.15) is 0 Å². The number of amides is 1. The molecule has 1 atom stereocenters. The van der Waals surface area contributed by atoms with E-state index in [1.54, 1.807) is 4.90 Å². The van der Waals surface area contributed by atoms with E-state index in [9.17, 15) is 14.4 Å². The molecule has 0 radical (unpaired) electrons. The van der Waals surface area contributed by atoms with E-state index >= 15 is 0 Å². The Morgan fingerprint density at radius 3 is 2.67 bits per heavy atom. The maximum atomic E-state index is 12.4. The number of piperazine rings is 1. The number of ketones is 1. The highest BCUT2D eigenvalue weighted by atomic mass is 16.6. The average molecular weight is 383 g/mol. The van der Waals surface area contributed by atoms with Gasteiger partial charge in [0.25, 0.3) is 0 Å². The van der Waals surface area contributed by atoms with Crippen LogP contribution in [0.4, 0.5) is 0 Å². The fourth-order valence-corrected chi connectivity index (χ4v) is 2.96. The van der Waals surface area contributed by atoms with E-state index in [4.69, 9.17) is 15.0 Å². The van der Waals surface area contributed by atoms with Gasteiger partial charge >= 0.3 is 5.97 Å². The summed E-state index contributed by atoms with van der Waals surface area (Å²) in [6.45, 7) is 3.76. The van der Waals surface area contributed by atoms with E-state index in [0.29, 0.717) is 32.6 Å². The van der Waals surface area contributed by atoms with Crippen molar-refractivity contribution in [1.29, 1.82) is 0 Å². The molecule has 1 aliphatic heterocycles. The first-order chi connectivity index (χ1) is 13.0. The predicted molar refractivity (Wildman–Crippen MR) is 97.9 cm³/mol. The van der Waals surface area contributed by atoms with Crippen LogP contribution in [0.3, 0.4) is 0 Å². The summed E-state index contributed by atoms with van der Waals surface area (Å²) in [5, 5.41) is 3.47. The van der Waals surface area contributed by atoms with Gasteiger partial charge in [-0.05, 0) is 25.3 Å². The fourth-order valence-electron chi connectivity index (χ4n) is 2.96. The van der Waals surface area contributed by atoms with Crippen molar-refractivity contribution in [3.63, 3.8) is 0 Å². The summed E-state index contributed by atoms with van der Waals surface area (Å²) in [5.41, 5.74) is 8.22. The summed E-state index contributed by atoms with van der Waals surface area (Å²) < 4.78 is 9.94. The molecule has 0 aliphatic carbocycles. The van der Waals surface area contributed by atoms with Crippen molar-refractivity contribution < 1.29 is 23.9 Å². The average Bonchev–Trinajstić information content (AvgIpc) is 2.63. The van der Waals surface area contributed by atoms with Crippen molar-refractivity contribution in [3.05, 3.63) is 10.4 Å². The van der Waals surface area contributed by atoms with Gasteiger partial charge in [-0.3, -0.25) is 14.5 Å². The molecule has 10 heteroatoms. The zero-order valence-electron chi connectivity index (χ0n) is 16.1. The standard InChI is InChI=1S/C17H29N5O5/c1-14(23)10-21-8-9-22(11-15(21)12-27-17(25)13-26-2)16(24)6-4-3-5-7-19-20-18/h15H,3-13H2,1-2H3. The monoisotopic (exact) mass is 383 g/mol. The van der Waals surface area contributed by atoms with Crippen molar-refractivity contribution >= 4 is 17.7 Å². The lowest BCUT2D eigenvalue weighted by Gasteiger charge is -2.40. The number of methoxy groups -OCH3 is 1. The van der Waals surface area contributed by atoms with Crippen LogP contribution >= 0.6 is 0 Å². The second-order valence-corrected chi connectivity index (χ2v) is 6.55. The van der Waals surface area contributed by atoms with Crippen molar-refractivity contribution in [2.75, 3.05) is 53.0 Å². The van der Waals surface area contributed by atoms with E-state index in [1.165, 1.54) is 14.0 Å². The summed E-state index contributed by atoms with van der Waals surface area (Å²) in [4.78, 5) is 41.9. The molecule has 0 spiro atoms. The largest absolute Gasteiger partial charge is 0.462 e. The number of nitrogens with zero attached hydrogens (tertiary/aromatic N) is 5. The van der Waals surface area contributed by atoms with E-state index in [1.807, 2.05) is 4.90 Å². The number of esters is 1. The Morgan fingerprint density at radius 1 is 1.22 bits per heavy atom. The highest BCUT2D eigenvalue weighted by Gasteiger charge is 2.30. The molecule has 0 aromatic carbocycles. The van der Waals surface area contributed by atoms with Crippen molar-refractivity contribution in [3.8, 4) is 0 Å². The lowest BCUT2D eigenvalue weighted by Crippen LogP contribution is -2.57. The highest BCUT2D eigenvalue weighted by Crippen LogP contribution is 2.13. The zero-order valence-corrected chi connectivity index (χ0v) is 16.1. The van der Waals surface area contributed by atoms with Gasteiger partial charge in [0.2, 0.25) is 5.91 Å². The van der Waals surface area contributed by atoms with Gasteiger partial charge in [-0.25, -0.2) is 4.79 Å². The van der Waals surface area contributed by atoms with Crippen molar-refractivity contribution in [2.24, 2.45) is 5.11 Å². The predicted octanol–water partition coefficient (Wildman–Crippen LogP) is 1.15. The molecular weight excluding hydrogens is 354 g/mol. The third-order valence-electron chi connectivity index (χ3n) is 4.29. The Bertz CT molecular complexity index is 550. The molecule has 1 unspecified atom stereocenters. The summed E-state index contributed by atoms with van der Waals surface area (Å²) >= 11 is 0. The van der Waals surface area contributed by atoms with Crippen LogP contribution in [0.2, 0.25) is 0 Å². The van der Waals surface area contributed by atoms with Gasteiger partial charge in [-0.15, -0.1) is 0 Å². The molecule has 1 heterocycles. The minimum Gasteiger partial charge on any atom is -0.462 e. The molecule has 0 aromatic rings. The van der Waals surface area contributed by atoms with Crippen LogP contribution in [0.5, 0.6) is 0 Å². The van der Waals surface area contributed by atoms with Crippen LogP contribution in [0.25, 0.3) is 10.4 Å². The number of hydrogen-bond donors (Lipinski definition) is 0. The van der Waals surface area contributed by atoms with Gasteiger partial charge in [0, 0.05) is 44.6 Å². The molecule has 1 amide bonds. The van der Waals surface area contributed by atoms with E-state index in [0.717, 1.165) is 19.3 Å². The first-order valence-corrected chi connectivity index (χ1v) is 9.14. The lowest BCUT2D eigenvalue weighted by atomic mass is 10.1.